The van der Waals surface area contributed by atoms with E-state index in [0.717, 1.165) is 25.2 Å². The van der Waals surface area contributed by atoms with Crippen molar-refractivity contribution in [1.29, 1.82) is 0 Å². The van der Waals surface area contributed by atoms with Crippen LogP contribution in [0, 0.1) is 0 Å². The lowest BCUT2D eigenvalue weighted by Gasteiger charge is -2.38. The summed E-state index contributed by atoms with van der Waals surface area (Å²) in [6.07, 6.45) is 3.71. The van der Waals surface area contributed by atoms with Crippen LogP contribution in [0.2, 0.25) is 5.15 Å². The molecule has 1 aromatic heterocycles. The zero-order chi connectivity index (χ0) is 12.4. The summed E-state index contributed by atoms with van der Waals surface area (Å²) in [4.78, 5) is 10.3. The van der Waals surface area contributed by atoms with Crippen LogP contribution >= 0.6 is 11.6 Å². The van der Waals surface area contributed by atoms with E-state index in [1.54, 1.807) is 7.11 Å². The van der Waals surface area contributed by atoms with Gasteiger partial charge in [-0.1, -0.05) is 11.6 Å². The molecular weight excluding hydrogens is 240 g/mol. The van der Waals surface area contributed by atoms with Crippen LogP contribution in [0.25, 0.3) is 0 Å². The van der Waals surface area contributed by atoms with Crippen molar-refractivity contribution >= 4 is 23.1 Å². The number of hydrogen-bond acceptors (Lipinski definition) is 5. The normalized spacial score (nSPS) is 25.0. The minimum absolute atomic E-state index is 0.316. The van der Waals surface area contributed by atoms with Gasteiger partial charge in [0.2, 0.25) is 0 Å². The lowest BCUT2D eigenvalue weighted by molar-refractivity contribution is 0.0720. The average molecular weight is 257 g/mol. The van der Waals surface area contributed by atoms with Crippen molar-refractivity contribution in [2.45, 2.75) is 31.9 Å². The predicted molar refractivity (Wildman–Crippen MR) is 68.3 cm³/mol. The standard InChI is InChI=1S/C11H17ClN4O/c1-7-5-8(17-2)3-4-16(7)11-9(13)10(12)14-6-15-11/h6-8H,3-5,13H2,1-2H3. The Kier molecular flexibility index (Phi) is 3.69. The summed E-state index contributed by atoms with van der Waals surface area (Å²) in [5.74, 6) is 0.729. The molecule has 1 aromatic rings. The van der Waals surface area contributed by atoms with Gasteiger partial charge in [-0.05, 0) is 19.8 Å². The number of ether oxygens (including phenoxy) is 1. The van der Waals surface area contributed by atoms with Crippen LogP contribution in [0.5, 0.6) is 0 Å². The summed E-state index contributed by atoms with van der Waals surface area (Å²) in [6, 6.07) is 0.335. The predicted octanol–water partition coefficient (Wildman–Crippen LogP) is 1.72. The Labute approximate surface area is 106 Å². The molecule has 0 aromatic carbocycles. The summed E-state index contributed by atoms with van der Waals surface area (Å²) in [5, 5.41) is 0.316. The van der Waals surface area contributed by atoms with Gasteiger partial charge in [0, 0.05) is 19.7 Å². The second-order valence-corrected chi connectivity index (χ2v) is 4.68. The van der Waals surface area contributed by atoms with Gasteiger partial charge in [0.15, 0.2) is 11.0 Å². The molecule has 1 saturated heterocycles. The molecule has 1 aliphatic heterocycles. The maximum Gasteiger partial charge on any atom is 0.157 e. The van der Waals surface area contributed by atoms with Gasteiger partial charge < -0.3 is 15.4 Å². The number of nitrogen functional groups attached to an aromatic ring is 1. The Morgan fingerprint density at radius 1 is 1.53 bits per heavy atom. The highest BCUT2D eigenvalue weighted by molar-refractivity contribution is 6.32. The second kappa shape index (κ2) is 5.06. The molecule has 5 nitrogen and oxygen atoms in total. The molecule has 0 radical (unpaired) electrons. The molecule has 2 atom stereocenters. The van der Waals surface area contributed by atoms with Crippen LogP contribution in [0.4, 0.5) is 11.5 Å². The van der Waals surface area contributed by atoms with Gasteiger partial charge in [-0.25, -0.2) is 9.97 Å². The molecule has 1 aliphatic rings. The molecule has 2 N–H and O–H groups in total. The quantitative estimate of drug-likeness (QED) is 0.817. The number of piperidine rings is 1. The first-order chi connectivity index (χ1) is 8.13. The van der Waals surface area contributed by atoms with E-state index in [-0.39, 0.29) is 0 Å². The van der Waals surface area contributed by atoms with Crippen LogP contribution in [-0.4, -0.2) is 35.8 Å². The molecule has 0 aliphatic carbocycles. The number of anilines is 2. The highest BCUT2D eigenvalue weighted by atomic mass is 35.5. The van der Waals surface area contributed by atoms with Gasteiger partial charge in [0.25, 0.3) is 0 Å². The Morgan fingerprint density at radius 2 is 2.29 bits per heavy atom. The monoisotopic (exact) mass is 256 g/mol. The minimum Gasteiger partial charge on any atom is -0.393 e. The molecule has 1 fully saturated rings. The van der Waals surface area contributed by atoms with Gasteiger partial charge in [0.1, 0.15) is 12.0 Å². The van der Waals surface area contributed by atoms with Crippen molar-refractivity contribution in [2.75, 3.05) is 24.3 Å². The fraction of sp³-hybridized carbons (Fsp3) is 0.636. The SMILES string of the molecule is COC1CCN(c2ncnc(Cl)c2N)C(C)C1. The first-order valence-electron chi connectivity index (χ1n) is 5.69. The minimum atomic E-state index is 0.316. The highest BCUT2D eigenvalue weighted by Crippen LogP contribution is 2.31. The third-order valence-corrected chi connectivity index (χ3v) is 3.55. The summed E-state index contributed by atoms with van der Waals surface area (Å²) in [5.41, 5.74) is 6.37. The number of rotatable bonds is 2. The third-order valence-electron chi connectivity index (χ3n) is 3.25. The number of halogens is 1. The van der Waals surface area contributed by atoms with E-state index < -0.39 is 0 Å². The van der Waals surface area contributed by atoms with Gasteiger partial charge in [0.05, 0.1) is 6.10 Å². The fourth-order valence-electron chi connectivity index (χ4n) is 2.25. The van der Waals surface area contributed by atoms with Crippen molar-refractivity contribution in [3.05, 3.63) is 11.5 Å². The molecule has 2 rings (SSSR count). The Morgan fingerprint density at radius 3 is 2.94 bits per heavy atom. The first-order valence-corrected chi connectivity index (χ1v) is 6.06. The van der Waals surface area contributed by atoms with Crippen LogP contribution in [0.15, 0.2) is 6.33 Å². The van der Waals surface area contributed by atoms with Crippen LogP contribution in [0.3, 0.4) is 0 Å². The lowest BCUT2D eigenvalue weighted by atomic mass is 10.0. The van der Waals surface area contributed by atoms with Crippen LogP contribution in [0.1, 0.15) is 19.8 Å². The van der Waals surface area contributed by atoms with E-state index in [9.17, 15) is 0 Å². The second-order valence-electron chi connectivity index (χ2n) is 4.33. The highest BCUT2D eigenvalue weighted by Gasteiger charge is 2.27. The summed E-state index contributed by atoms with van der Waals surface area (Å²) in [6.45, 7) is 3.01. The number of hydrogen-bond donors (Lipinski definition) is 1. The fourth-order valence-corrected chi connectivity index (χ4v) is 2.38. The Balaban J connectivity index is 2.20. The zero-order valence-corrected chi connectivity index (χ0v) is 10.8. The van der Waals surface area contributed by atoms with Gasteiger partial charge in [-0.2, -0.15) is 0 Å². The third kappa shape index (κ3) is 2.45. The molecule has 0 amide bonds. The molecule has 94 valence electrons. The van der Waals surface area contributed by atoms with Gasteiger partial charge in [-0.3, -0.25) is 0 Å². The van der Waals surface area contributed by atoms with Crippen LogP contribution in [-0.2, 0) is 4.74 Å². The molecule has 0 spiro atoms. The topological polar surface area (TPSA) is 64.3 Å². The zero-order valence-electron chi connectivity index (χ0n) is 10.1. The molecule has 0 saturated carbocycles. The maximum absolute atomic E-state index is 5.91. The van der Waals surface area contributed by atoms with E-state index in [0.29, 0.717) is 23.0 Å². The maximum atomic E-state index is 5.91. The lowest BCUT2D eigenvalue weighted by Crippen LogP contribution is -2.44. The molecule has 17 heavy (non-hydrogen) atoms. The Hall–Kier alpha value is -1.07. The van der Waals surface area contributed by atoms with Crippen molar-refractivity contribution < 1.29 is 4.74 Å². The first kappa shape index (κ1) is 12.4. The molecule has 2 unspecified atom stereocenters. The van der Waals surface area contributed by atoms with Crippen molar-refractivity contribution in [1.82, 2.24) is 9.97 Å². The van der Waals surface area contributed by atoms with Crippen molar-refractivity contribution in [2.24, 2.45) is 0 Å². The molecule has 2 heterocycles. The number of aromatic nitrogens is 2. The number of methoxy groups -OCH3 is 1. The summed E-state index contributed by atoms with van der Waals surface area (Å²) in [7, 11) is 1.75. The van der Waals surface area contributed by atoms with E-state index in [1.807, 2.05) is 0 Å². The van der Waals surface area contributed by atoms with Crippen LogP contribution < -0.4 is 10.6 Å². The molecule has 6 heteroatoms. The summed E-state index contributed by atoms with van der Waals surface area (Å²) < 4.78 is 5.38. The van der Waals surface area contributed by atoms with Gasteiger partial charge in [-0.15, -0.1) is 0 Å². The van der Waals surface area contributed by atoms with Crippen molar-refractivity contribution in [3.63, 3.8) is 0 Å². The Bertz CT molecular complexity index is 401. The van der Waals surface area contributed by atoms with Crippen molar-refractivity contribution in [3.8, 4) is 0 Å². The van der Waals surface area contributed by atoms with E-state index in [2.05, 4.69) is 21.8 Å². The molecule has 0 bridgehead atoms. The van der Waals surface area contributed by atoms with Gasteiger partial charge >= 0.3 is 0 Å². The van der Waals surface area contributed by atoms with E-state index >= 15 is 0 Å². The molecular formula is C11H17ClN4O. The number of nitrogens with two attached hydrogens (primary N) is 1. The van der Waals surface area contributed by atoms with E-state index in [1.165, 1.54) is 6.33 Å². The summed E-state index contributed by atoms with van der Waals surface area (Å²) >= 11 is 5.91. The number of nitrogens with zero attached hydrogens (tertiary/aromatic N) is 3. The van der Waals surface area contributed by atoms with E-state index in [4.69, 9.17) is 22.1 Å². The largest absolute Gasteiger partial charge is 0.393 e. The smallest absolute Gasteiger partial charge is 0.157 e. The average Bonchev–Trinajstić information content (AvgIpc) is 2.33.